The van der Waals surface area contributed by atoms with Crippen LogP contribution in [0.5, 0.6) is 0 Å². The van der Waals surface area contributed by atoms with Gasteiger partial charge in [0.25, 0.3) is 5.91 Å². The molecule has 0 radical (unpaired) electrons. The summed E-state index contributed by atoms with van der Waals surface area (Å²) in [6.45, 7) is 2.57. The fraction of sp³-hybridized carbons (Fsp3) is 0.400. The van der Waals surface area contributed by atoms with Gasteiger partial charge in [-0.1, -0.05) is 19.1 Å². The molecule has 1 aromatic carbocycles. The Balaban J connectivity index is 2.55. The molecule has 1 rings (SSSR count). The van der Waals surface area contributed by atoms with Crippen molar-refractivity contribution in [3.63, 3.8) is 0 Å². The van der Waals surface area contributed by atoms with Crippen LogP contribution in [0.15, 0.2) is 29.2 Å². The lowest BCUT2D eigenvalue weighted by Crippen LogP contribution is -2.37. The van der Waals surface area contributed by atoms with Crippen LogP contribution in [0.1, 0.15) is 25.8 Å². The predicted molar refractivity (Wildman–Crippen MR) is 85.2 cm³/mol. The lowest BCUT2D eigenvalue weighted by Gasteiger charge is -2.12. The molecule has 0 aromatic heterocycles. The highest BCUT2D eigenvalue weighted by molar-refractivity contribution is 7.89. The maximum absolute atomic E-state index is 12.1. The average molecular weight is 353 g/mol. The zero-order valence-electron chi connectivity index (χ0n) is 13.4. The number of sulfonamides is 1. The van der Waals surface area contributed by atoms with Crippen molar-refractivity contribution in [1.82, 2.24) is 10.0 Å². The van der Waals surface area contributed by atoms with Gasteiger partial charge in [0.1, 0.15) is 12.6 Å². The molecule has 0 aliphatic heterocycles. The van der Waals surface area contributed by atoms with Crippen molar-refractivity contribution in [1.29, 1.82) is 5.26 Å². The van der Waals surface area contributed by atoms with Gasteiger partial charge in [0.2, 0.25) is 10.0 Å². The van der Waals surface area contributed by atoms with Crippen molar-refractivity contribution >= 4 is 21.9 Å². The third-order valence-corrected chi connectivity index (χ3v) is 4.55. The number of hydrogen-bond acceptors (Lipinski definition) is 6. The zero-order valence-corrected chi connectivity index (χ0v) is 14.2. The molecule has 1 amide bonds. The lowest BCUT2D eigenvalue weighted by molar-refractivity contribution is -0.147. The lowest BCUT2D eigenvalue weighted by atomic mass is 10.2. The summed E-state index contributed by atoms with van der Waals surface area (Å²) in [5, 5.41) is 11.5. The molecule has 2 N–H and O–H groups in total. The smallest absolute Gasteiger partial charge is 0.321 e. The van der Waals surface area contributed by atoms with Crippen LogP contribution < -0.4 is 10.0 Å². The summed E-state index contributed by atoms with van der Waals surface area (Å²) in [4.78, 5) is 22.8. The number of nitriles is 1. The van der Waals surface area contributed by atoms with E-state index in [-0.39, 0.29) is 16.5 Å². The number of nitrogens with zero attached hydrogens (tertiary/aromatic N) is 1. The van der Waals surface area contributed by atoms with E-state index in [2.05, 4.69) is 5.32 Å². The Morgan fingerprint density at radius 1 is 1.33 bits per heavy atom. The first kappa shape index (κ1) is 19.6. The number of carbonyl (C=O) groups is 2. The Kier molecular flexibility index (Phi) is 7.35. The Morgan fingerprint density at radius 2 is 2.00 bits per heavy atom. The van der Waals surface area contributed by atoms with Crippen molar-refractivity contribution in [3.8, 4) is 6.07 Å². The first-order valence-corrected chi connectivity index (χ1v) is 8.72. The number of rotatable bonds is 8. The van der Waals surface area contributed by atoms with Crippen LogP contribution >= 0.6 is 0 Å². The number of esters is 1. The fourth-order valence-corrected chi connectivity index (χ4v) is 2.76. The molecule has 0 bridgehead atoms. The molecule has 0 unspecified atom stereocenters. The highest BCUT2D eigenvalue weighted by Crippen LogP contribution is 2.13. The van der Waals surface area contributed by atoms with E-state index >= 15 is 0 Å². The molecule has 0 saturated heterocycles. The van der Waals surface area contributed by atoms with Crippen LogP contribution in [0.3, 0.4) is 0 Å². The van der Waals surface area contributed by atoms with Crippen molar-refractivity contribution in [3.05, 3.63) is 29.8 Å². The second-order valence-electron chi connectivity index (χ2n) is 4.97. The number of ether oxygens (including phenoxy) is 1. The van der Waals surface area contributed by atoms with Crippen LogP contribution in [-0.4, -0.2) is 39.5 Å². The van der Waals surface area contributed by atoms with Gasteiger partial charge in [-0.15, -0.1) is 0 Å². The van der Waals surface area contributed by atoms with Crippen molar-refractivity contribution in [2.24, 2.45) is 0 Å². The van der Waals surface area contributed by atoms with Gasteiger partial charge in [0, 0.05) is 6.04 Å². The topological polar surface area (TPSA) is 125 Å². The van der Waals surface area contributed by atoms with Crippen LogP contribution in [0.2, 0.25) is 0 Å². The molecule has 9 heteroatoms. The summed E-state index contributed by atoms with van der Waals surface area (Å²) in [5.74, 6) is -1.36. The minimum absolute atomic E-state index is 0.0358. The molecule has 8 nitrogen and oxygen atoms in total. The molecule has 0 spiro atoms. The number of benzene rings is 1. The second-order valence-corrected chi connectivity index (χ2v) is 6.71. The maximum Gasteiger partial charge on any atom is 0.321 e. The van der Waals surface area contributed by atoms with Gasteiger partial charge < -0.3 is 10.1 Å². The van der Waals surface area contributed by atoms with Crippen molar-refractivity contribution in [2.75, 3.05) is 13.2 Å². The van der Waals surface area contributed by atoms with Crippen LogP contribution in [0.25, 0.3) is 0 Å². The van der Waals surface area contributed by atoms with E-state index in [1.165, 1.54) is 24.3 Å². The number of amides is 1. The Morgan fingerprint density at radius 3 is 2.62 bits per heavy atom. The first-order chi connectivity index (χ1) is 11.3. The van der Waals surface area contributed by atoms with E-state index in [0.29, 0.717) is 0 Å². The monoisotopic (exact) mass is 353 g/mol. The Bertz CT molecular complexity index is 740. The molecule has 1 atom stereocenters. The van der Waals surface area contributed by atoms with Gasteiger partial charge in [0.15, 0.2) is 6.61 Å². The third kappa shape index (κ3) is 5.98. The van der Waals surface area contributed by atoms with Crippen molar-refractivity contribution < 1.29 is 22.7 Å². The molecule has 24 heavy (non-hydrogen) atoms. The molecular weight excluding hydrogens is 334 g/mol. The van der Waals surface area contributed by atoms with E-state index in [1.807, 2.05) is 11.6 Å². The highest BCUT2D eigenvalue weighted by atomic mass is 32.2. The molecule has 0 fully saturated rings. The number of nitrogens with one attached hydrogen (secondary N) is 2. The normalized spacial score (nSPS) is 12.0. The largest absolute Gasteiger partial charge is 0.455 e. The molecular formula is C15H19N3O5S. The van der Waals surface area contributed by atoms with E-state index < -0.39 is 35.1 Å². The third-order valence-electron chi connectivity index (χ3n) is 3.09. The fourth-order valence-electron chi connectivity index (χ4n) is 1.64. The SMILES string of the molecule is CC[C@H](C)NC(=O)COC(=O)CNS(=O)(=O)c1ccccc1C#N. The average Bonchev–Trinajstić information content (AvgIpc) is 2.58. The van der Waals surface area contributed by atoms with Gasteiger partial charge in [-0.3, -0.25) is 9.59 Å². The Labute approximate surface area is 140 Å². The highest BCUT2D eigenvalue weighted by Gasteiger charge is 2.20. The minimum atomic E-state index is -4.03. The summed E-state index contributed by atoms with van der Waals surface area (Å²) in [6, 6.07) is 7.32. The Hall–Kier alpha value is -2.44. The second kappa shape index (κ2) is 9.00. The number of carbonyl (C=O) groups excluding carboxylic acids is 2. The molecule has 0 aliphatic carbocycles. The zero-order chi connectivity index (χ0) is 18.2. The summed E-state index contributed by atoms with van der Waals surface area (Å²) in [6.07, 6.45) is 0.734. The minimum Gasteiger partial charge on any atom is -0.455 e. The molecule has 130 valence electrons. The van der Waals surface area contributed by atoms with Gasteiger partial charge in [-0.2, -0.15) is 9.98 Å². The number of hydrogen-bond donors (Lipinski definition) is 2. The standard InChI is InChI=1S/C15H19N3O5S/c1-3-11(2)18-14(19)10-23-15(20)9-17-24(21,22)13-7-5-4-6-12(13)8-16/h4-7,11,17H,3,9-10H2,1-2H3,(H,18,19)/t11-/m0/s1. The van der Waals surface area contributed by atoms with Crippen LogP contribution in [0.4, 0.5) is 0 Å². The molecule has 0 heterocycles. The van der Waals surface area contributed by atoms with Crippen LogP contribution in [0, 0.1) is 11.3 Å². The first-order valence-electron chi connectivity index (χ1n) is 7.24. The van der Waals surface area contributed by atoms with E-state index in [1.54, 1.807) is 13.0 Å². The molecule has 1 aromatic rings. The van der Waals surface area contributed by atoms with Gasteiger partial charge >= 0.3 is 5.97 Å². The quantitative estimate of drug-likeness (QED) is 0.647. The van der Waals surface area contributed by atoms with E-state index in [9.17, 15) is 18.0 Å². The van der Waals surface area contributed by atoms with Gasteiger partial charge in [-0.25, -0.2) is 8.42 Å². The van der Waals surface area contributed by atoms with E-state index in [4.69, 9.17) is 10.00 Å². The summed E-state index contributed by atoms with van der Waals surface area (Å²) < 4.78 is 30.9. The van der Waals surface area contributed by atoms with Crippen molar-refractivity contribution in [2.45, 2.75) is 31.2 Å². The molecule has 0 saturated carbocycles. The summed E-state index contributed by atoms with van der Waals surface area (Å²) >= 11 is 0. The predicted octanol–water partition coefficient (Wildman–Crippen LogP) is 0.294. The summed E-state index contributed by atoms with van der Waals surface area (Å²) in [7, 11) is -4.03. The maximum atomic E-state index is 12.1. The van der Waals surface area contributed by atoms with Gasteiger partial charge in [-0.05, 0) is 25.5 Å². The van der Waals surface area contributed by atoms with Crippen LogP contribution in [-0.2, 0) is 24.3 Å². The van der Waals surface area contributed by atoms with Gasteiger partial charge in [0.05, 0.1) is 10.5 Å². The van der Waals surface area contributed by atoms with E-state index in [0.717, 1.165) is 6.42 Å². The summed E-state index contributed by atoms with van der Waals surface area (Å²) in [5.41, 5.74) is -0.0358. The molecule has 0 aliphatic rings.